The van der Waals surface area contributed by atoms with E-state index in [1.165, 1.54) is 25.7 Å². The number of aromatic nitrogens is 2. The van der Waals surface area contributed by atoms with Crippen molar-refractivity contribution in [3.05, 3.63) is 54.1 Å². The molecule has 0 saturated carbocycles. The van der Waals surface area contributed by atoms with E-state index in [0.29, 0.717) is 0 Å². The van der Waals surface area contributed by atoms with Crippen LogP contribution in [0.2, 0.25) is 0 Å². The second-order valence-electron chi connectivity index (χ2n) is 4.88. The highest BCUT2D eigenvalue weighted by Gasteiger charge is 2.19. The molecule has 0 spiro atoms. The number of nitrogens with zero attached hydrogens (tertiary/aromatic N) is 2. The van der Waals surface area contributed by atoms with Crippen molar-refractivity contribution in [1.82, 2.24) is 9.55 Å². The average Bonchev–Trinajstić information content (AvgIpc) is 2.89. The van der Waals surface area contributed by atoms with Crippen LogP contribution >= 0.6 is 0 Å². The van der Waals surface area contributed by atoms with Crippen LogP contribution in [0.4, 0.5) is 0 Å². The molecule has 2 heteroatoms. The molecule has 0 amide bonds. The van der Waals surface area contributed by atoms with E-state index in [-0.39, 0.29) is 0 Å². The Morgan fingerprint density at radius 2 is 2.24 bits per heavy atom. The van der Waals surface area contributed by atoms with E-state index >= 15 is 0 Å². The Balaban J connectivity index is 1.72. The van der Waals surface area contributed by atoms with E-state index in [1.807, 2.05) is 12.5 Å². The number of aryl methyl sites for hydroxylation is 2. The lowest BCUT2D eigenvalue weighted by Gasteiger charge is -2.25. The van der Waals surface area contributed by atoms with Gasteiger partial charge in [-0.2, -0.15) is 0 Å². The molecule has 1 aliphatic carbocycles. The first-order valence-corrected chi connectivity index (χ1v) is 6.47. The maximum atomic E-state index is 4.09. The number of imidazole rings is 1. The van der Waals surface area contributed by atoms with Crippen molar-refractivity contribution < 1.29 is 0 Å². The minimum atomic E-state index is 0.738. The quantitative estimate of drug-likeness (QED) is 0.784. The number of benzene rings is 1. The smallest absolute Gasteiger partial charge is 0.0945 e. The van der Waals surface area contributed by atoms with Crippen LogP contribution in [0, 0.1) is 0 Å². The average molecular weight is 226 g/mol. The Kier molecular flexibility index (Phi) is 2.95. The summed E-state index contributed by atoms with van der Waals surface area (Å²) < 4.78 is 2.18. The molecular weight excluding hydrogens is 208 g/mol. The Bertz CT molecular complexity index is 473. The Morgan fingerprint density at radius 3 is 3.12 bits per heavy atom. The third kappa shape index (κ3) is 2.26. The molecule has 0 bridgehead atoms. The van der Waals surface area contributed by atoms with Gasteiger partial charge in [0.25, 0.3) is 0 Å². The zero-order chi connectivity index (χ0) is 11.5. The van der Waals surface area contributed by atoms with Crippen molar-refractivity contribution in [2.75, 3.05) is 0 Å². The first-order valence-electron chi connectivity index (χ1n) is 6.47. The molecule has 88 valence electrons. The van der Waals surface area contributed by atoms with Crippen LogP contribution in [0.3, 0.4) is 0 Å². The Hall–Kier alpha value is -1.57. The van der Waals surface area contributed by atoms with Crippen molar-refractivity contribution in [1.29, 1.82) is 0 Å². The number of fused-ring (bicyclic) bond motifs is 1. The zero-order valence-electron chi connectivity index (χ0n) is 10.0. The van der Waals surface area contributed by atoms with Crippen LogP contribution < -0.4 is 0 Å². The molecule has 0 N–H and O–H groups in total. The lowest BCUT2D eigenvalue weighted by Crippen LogP contribution is -2.11. The minimum Gasteiger partial charge on any atom is -0.337 e. The predicted molar refractivity (Wildman–Crippen MR) is 69.0 cm³/mol. The summed E-state index contributed by atoms with van der Waals surface area (Å²) in [6, 6.07) is 8.94. The van der Waals surface area contributed by atoms with E-state index in [2.05, 4.69) is 40.0 Å². The third-order valence-corrected chi connectivity index (χ3v) is 3.79. The first-order chi connectivity index (χ1) is 8.43. The van der Waals surface area contributed by atoms with Crippen LogP contribution in [-0.4, -0.2) is 9.55 Å². The lowest BCUT2D eigenvalue weighted by molar-refractivity contribution is 0.482. The van der Waals surface area contributed by atoms with E-state index in [1.54, 1.807) is 11.1 Å². The highest BCUT2D eigenvalue weighted by atomic mass is 15.0. The van der Waals surface area contributed by atoms with Crippen LogP contribution in [-0.2, 0) is 13.0 Å². The van der Waals surface area contributed by atoms with Gasteiger partial charge in [0.2, 0.25) is 0 Å². The Morgan fingerprint density at radius 1 is 1.29 bits per heavy atom. The van der Waals surface area contributed by atoms with Crippen LogP contribution in [0.25, 0.3) is 0 Å². The molecule has 0 fully saturated rings. The highest BCUT2D eigenvalue weighted by molar-refractivity contribution is 5.32. The maximum Gasteiger partial charge on any atom is 0.0945 e. The van der Waals surface area contributed by atoms with Crippen molar-refractivity contribution in [2.24, 2.45) is 0 Å². The molecule has 1 aliphatic rings. The van der Waals surface area contributed by atoms with E-state index in [0.717, 1.165) is 12.5 Å². The van der Waals surface area contributed by atoms with Gasteiger partial charge in [-0.05, 0) is 42.7 Å². The molecule has 0 saturated heterocycles. The summed E-state index contributed by atoms with van der Waals surface area (Å²) in [6.45, 7) is 1.08. The molecule has 0 unspecified atom stereocenters. The monoisotopic (exact) mass is 226 g/mol. The van der Waals surface area contributed by atoms with Crippen molar-refractivity contribution in [2.45, 2.75) is 38.1 Å². The van der Waals surface area contributed by atoms with Gasteiger partial charge in [0.1, 0.15) is 0 Å². The molecule has 1 heterocycles. The second-order valence-corrected chi connectivity index (χ2v) is 4.88. The zero-order valence-corrected chi connectivity index (χ0v) is 10.0. The van der Waals surface area contributed by atoms with Gasteiger partial charge in [0.05, 0.1) is 6.33 Å². The normalized spacial score (nSPS) is 18.9. The lowest BCUT2D eigenvalue weighted by atomic mass is 9.81. The summed E-state index contributed by atoms with van der Waals surface area (Å²) in [5.74, 6) is 0.738. The molecule has 2 aromatic rings. The minimum absolute atomic E-state index is 0.738. The highest BCUT2D eigenvalue weighted by Crippen LogP contribution is 2.33. The van der Waals surface area contributed by atoms with Crippen molar-refractivity contribution in [3.8, 4) is 0 Å². The van der Waals surface area contributed by atoms with Crippen molar-refractivity contribution >= 4 is 0 Å². The largest absolute Gasteiger partial charge is 0.337 e. The molecule has 1 atom stereocenters. The van der Waals surface area contributed by atoms with Gasteiger partial charge in [-0.1, -0.05) is 24.3 Å². The summed E-state index contributed by atoms with van der Waals surface area (Å²) in [5.41, 5.74) is 3.15. The first kappa shape index (κ1) is 10.6. The number of hydrogen-bond donors (Lipinski definition) is 0. The standard InChI is InChI=1S/C15H18N2/c1-2-7-15-13(4-1)5-3-6-14(15)8-10-17-11-9-16-12-17/h1-2,4,7,9,11-12,14H,3,5-6,8,10H2/t14-/m1/s1. The molecule has 1 aromatic carbocycles. The van der Waals surface area contributed by atoms with Gasteiger partial charge in [0, 0.05) is 18.9 Å². The van der Waals surface area contributed by atoms with E-state index in [4.69, 9.17) is 0 Å². The molecule has 2 nitrogen and oxygen atoms in total. The number of hydrogen-bond acceptors (Lipinski definition) is 1. The molecular formula is C15H18N2. The van der Waals surface area contributed by atoms with Gasteiger partial charge in [-0.3, -0.25) is 0 Å². The molecule has 0 radical (unpaired) electrons. The van der Waals surface area contributed by atoms with Gasteiger partial charge in [-0.15, -0.1) is 0 Å². The second kappa shape index (κ2) is 4.74. The van der Waals surface area contributed by atoms with Crippen molar-refractivity contribution in [3.63, 3.8) is 0 Å². The van der Waals surface area contributed by atoms with Crippen LogP contribution in [0.15, 0.2) is 43.0 Å². The van der Waals surface area contributed by atoms with Gasteiger partial charge in [-0.25, -0.2) is 4.98 Å². The maximum absolute atomic E-state index is 4.09. The van der Waals surface area contributed by atoms with Crippen LogP contribution in [0.5, 0.6) is 0 Å². The topological polar surface area (TPSA) is 17.8 Å². The summed E-state index contributed by atoms with van der Waals surface area (Å²) >= 11 is 0. The fourth-order valence-electron chi connectivity index (χ4n) is 2.88. The van der Waals surface area contributed by atoms with E-state index in [9.17, 15) is 0 Å². The third-order valence-electron chi connectivity index (χ3n) is 3.79. The molecule has 17 heavy (non-hydrogen) atoms. The van der Waals surface area contributed by atoms with Gasteiger partial charge in [0.15, 0.2) is 0 Å². The molecule has 1 aromatic heterocycles. The fraction of sp³-hybridized carbons (Fsp3) is 0.400. The fourth-order valence-corrected chi connectivity index (χ4v) is 2.88. The van der Waals surface area contributed by atoms with Gasteiger partial charge >= 0.3 is 0 Å². The van der Waals surface area contributed by atoms with Crippen LogP contribution in [0.1, 0.15) is 36.3 Å². The summed E-state index contributed by atoms with van der Waals surface area (Å²) in [5, 5.41) is 0. The summed E-state index contributed by atoms with van der Waals surface area (Å²) in [6.07, 6.45) is 11.0. The van der Waals surface area contributed by atoms with Gasteiger partial charge < -0.3 is 4.57 Å². The summed E-state index contributed by atoms with van der Waals surface area (Å²) in [4.78, 5) is 4.09. The Labute approximate surface area is 102 Å². The number of rotatable bonds is 3. The SMILES string of the molecule is c1ccc2c(c1)CCC[C@@H]2CCn1ccnc1. The molecule has 0 aliphatic heterocycles. The van der Waals surface area contributed by atoms with E-state index < -0.39 is 0 Å². The summed E-state index contributed by atoms with van der Waals surface area (Å²) in [7, 11) is 0. The predicted octanol–water partition coefficient (Wildman–Crippen LogP) is 3.39. The molecule has 3 rings (SSSR count).